The molecular formula is C19H16N6O. The predicted molar refractivity (Wildman–Crippen MR) is 95.5 cm³/mol. The average Bonchev–Trinajstić information content (AvgIpc) is 3.13. The Bertz CT molecular complexity index is 1010. The van der Waals surface area contributed by atoms with Crippen molar-refractivity contribution < 1.29 is 4.79 Å². The van der Waals surface area contributed by atoms with Gasteiger partial charge in [-0.05, 0) is 30.7 Å². The van der Waals surface area contributed by atoms with Crippen molar-refractivity contribution in [3.8, 4) is 0 Å². The van der Waals surface area contributed by atoms with Crippen LogP contribution in [0.2, 0.25) is 0 Å². The standard InChI is InChI=1S/C19H16N6O/c1-13-10-12-21-19-23-17(24-25(13)19)18(26)22-16(14-7-3-2-4-8-14)15-9-5-6-11-20-15/h2-12,16H,1H3,(H,22,26). The molecule has 128 valence electrons. The molecule has 1 unspecified atom stereocenters. The number of benzene rings is 1. The molecule has 0 aliphatic carbocycles. The Hall–Kier alpha value is -3.61. The number of carbonyl (C=O) groups excluding carboxylic acids is 1. The molecule has 1 atom stereocenters. The lowest BCUT2D eigenvalue weighted by Gasteiger charge is -2.17. The van der Waals surface area contributed by atoms with Crippen LogP contribution in [0.5, 0.6) is 0 Å². The molecule has 7 nitrogen and oxygen atoms in total. The predicted octanol–water partition coefficient (Wildman–Crippen LogP) is 2.35. The Morgan fingerprint density at radius 2 is 1.81 bits per heavy atom. The van der Waals surface area contributed by atoms with E-state index in [0.717, 1.165) is 17.0 Å². The van der Waals surface area contributed by atoms with Crippen LogP contribution in [0.15, 0.2) is 67.0 Å². The largest absolute Gasteiger partial charge is 0.337 e. The van der Waals surface area contributed by atoms with Gasteiger partial charge in [-0.3, -0.25) is 9.78 Å². The summed E-state index contributed by atoms with van der Waals surface area (Å²) in [6, 6.07) is 16.7. The lowest BCUT2D eigenvalue weighted by atomic mass is 10.0. The Morgan fingerprint density at radius 1 is 1.00 bits per heavy atom. The van der Waals surface area contributed by atoms with E-state index in [1.165, 1.54) is 0 Å². The minimum atomic E-state index is -0.398. The van der Waals surface area contributed by atoms with Crippen molar-refractivity contribution in [1.29, 1.82) is 0 Å². The van der Waals surface area contributed by atoms with Crippen LogP contribution in [0.1, 0.15) is 33.6 Å². The van der Waals surface area contributed by atoms with E-state index in [0.29, 0.717) is 5.78 Å². The van der Waals surface area contributed by atoms with Gasteiger partial charge in [-0.1, -0.05) is 36.4 Å². The number of fused-ring (bicyclic) bond motifs is 1. The number of aryl methyl sites for hydroxylation is 1. The zero-order valence-corrected chi connectivity index (χ0v) is 14.1. The van der Waals surface area contributed by atoms with Crippen LogP contribution >= 0.6 is 0 Å². The Balaban J connectivity index is 1.68. The van der Waals surface area contributed by atoms with Gasteiger partial charge < -0.3 is 5.32 Å². The third-order valence-corrected chi connectivity index (χ3v) is 4.02. The highest BCUT2D eigenvalue weighted by Gasteiger charge is 2.22. The number of aromatic nitrogens is 5. The van der Waals surface area contributed by atoms with Gasteiger partial charge >= 0.3 is 0 Å². The summed E-state index contributed by atoms with van der Waals surface area (Å²) in [5.41, 5.74) is 2.52. The van der Waals surface area contributed by atoms with Gasteiger partial charge in [-0.25, -0.2) is 9.50 Å². The van der Waals surface area contributed by atoms with E-state index in [2.05, 4.69) is 25.4 Å². The summed E-state index contributed by atoms with van der Waals surface area (Å²) in [7, 11) is 0. The van der Waals surface area contributed by atoms with Crippen LogP contribution in [-0.4, -0.2) is 30.5 Å². The molecular weight excluding hydrogens is 328 g/mol. The van der Waals surface area contributed by atoms with Gasteiger partial charge in [0, 0.05) is 18.1 Å². The van der Waals surface area contributed by atoms with E-state index in [1.807, 2.05) is 61.5 Å². The number of hydrogen-bond donors (Lipinski definition) is 1. The summed E-state index contributed by atoms with van der Waals surface area (Å²) in [6.07, 6.45) is 3.34. The lowest BCUT2D eigenvalue weighted by Crippen LogP contribution is -2.30. The van der Waals surface area contributed by atoms with E-state index in [-0.39, 0.29) is 11.7 Å². The topological polar surface area (TPSA) is 85.1 Å². The lowest BCUT2D eigenvalue weighted by molar-refractivity contribution is 0.0932. The van der Waals surface area contributed by atoms with Crippen molar-refractivity contribution in [3.63, 3.8) is 0 Å². The van der Waals surface area contributed by atoms with Crippen molar-refractivity contribution in [1.82, 2.24) is 29.9 Å². The molecule has 4 aromatic rings. The summed E-state index contributed by atoms with van der Waals surface area (Å²) in [4.78, 5) is 25.5. The zero-order chi connectivity index (χ0) is 17.9. The quantitative estimate of drug-likeness (QED) is 0.614. The zero-order valence-electron chi connectivity index (χ0n) is 14.1. The Morgan fingerprint density at radius 3 is 2.54 bits per heavy atom. The molecule has 0 aliphatic rings. The maximum Gasteiger partial charge on any atom is 0.291 e. The highest BCUT2D eigenvalue weighted by atomic mass is 16.2. The van der Waals surface area contributed by atoms with E-state index < -0.39 is 6.04 Å². The first kappa shape index (κ1) is 15.9. The SMILES string of the molecule is Cc1ccnc2nc(C(=O)NC(c3ccccc3)c3ccccn3)nn12. The van der Waals surface area contributed by atoms with E-state index in [1.54, 1.807) is 16.9 Å². The molecule has 0 saturated heterocycles. The highest BCUT2D eigenvalue weighted by molar-refractivity contribution is 5.91. The second-order valence-corrected chi connectivity index (χ2v) is 5.81. The summed E-state index contributed by atoms with van der Waals surface area (Å²) < 4.78 is 1.55. The maximum atomic E-state index is 12.8. The summed E-state index contributed by atoms with van der Waals surface area (Å²) >= 11 is 0. The minimum Gasteiger partial charge on any atom is -0.337 e. The number of rotatable bonds is 4. The van der Waals surface area contributed by atoms with Gasteiger partial charge in [0.15, 0.2) is 0 Å². The fraction of sp³-hybridized carbons (Fsp3) is 0.105. The molecule has 3 aromatic heterocycles. The van der Waals surface area contributed by atoms with Crippen LogP contribution in [0.4, 0.5) is 0 Å². The van der Waals surface area contributed by atoms with E-state index in [4.69, 9.17) is 0 Å². The monoisotopic (exact) mass is 344 g/mol. The summed E-state index contributed by atoms with van der Waals surface area (Å²) in [5.74, 6) is 0.0855. The second-order valence-electron chi connectivity index (χ2n) is 5.81. The van der Waals surface area contributed by atoms with Crippen LogP contribution in [0.25, 0.3) is 5.78 Å². The second kappa shape index (κ2) is 6.72. The number of amides is 1. The van der Waals surface area contributed by atoms with Crippen LogP contribution < -0.4 is 5.32 Å². The average molecular weight is 344 g/mol. The van der Waals surface area contributed by atoms with Crippen molar-refractivity contribution in [2.45, 2.75) is 13.0 Å². The van der Waals surface area contributed by atoms with Gasteiger partial charge in [0.25, 0.3) is 11.7 Å². The smallest absolute Gasteiger partial charge is 0.291 e. The molecule has 4 rings (SSSR count). The molecule has 0 spiro atoms. The van der Waals surface area contributed by atoms with Gasteiger partial charge in [0.1, 0.15) is 0 Å². The first-order valence-electron chi connectivity index (χ1n) is 8.17. The number of hydrogen-bond acceptors (Lipinski definition) is 5. The van der Waals surface area contributed by atoms with E-state index in [9.17, 15) is 4.79 Å². The molecule has 1 amide bonds. The van der Waals surface area contributed by atoms with Gasteiger partial charge in [0.05, 0.1) is 11.7 Å². The fourth-order valence-electron chi connectivity index (χ4n) is 2.72. The molecule has 0 aliphatic heterocycles. The summed E-state index contributed by atoms with van der Waals surface area (Å²) in [6.45, 7) is 1.88. The Labute approximate surface area is 149 Å². The minimum absolute atomic E-state index is 0.0728. The van der Waals surface area contributed by atoms with Gasteiger partial charge in [0.2, 0.25) is 5.82 Å². The number of nitrogens with zero attached hydrogens (tertiary/aromatic N) is 5. The van der Waals surface area contributed by atoms with E-state index >= 15 is 0 Å². The maximum absolute atomic E-state index is 12.8. The molecule has 0 saturated carbocycles. The van der Waals surface area contributed by atoms with Crippen molar-refractivity contribution in [2.24, 2.45) is 0 Å². The molecule has 3 heterocycles. The molecule has 1 aromatic carbocycles. The third kappa shape index (κ3) is 3.02. The van der Waals surface area contributed by atoms with Crippen molar-refractivity contribution >= 4 is 11.7 Å². The molecule has 0 radical (unpaired) electrons. The number of carbonyl (C=O) groups is 1. The first-order chi connectivity index (χ1) is 12.7. The number of nitrogens with one attached hydrogen (secondary N) is 1. The van der Waals surface area contributed by atoms with Crippen molar-refractivity contribution in [3.05, 3.63) is 89.8 Å². The Kier molecular flexibility index (Phi) is 4.10. The molecule has 0 bridgehead atoms. The van der Waals surface area contributed by atoms with Crippen LogP contribution in [0.3, 0.4) is 0 Å². The molecule has 1 N–H and O–H groups in total. The fourth-order valence-corrected chi connectivity index (χ4v) is 2.72. The molecule has 26 heavy (non-hydrogen) atoms. The van der Waals surface area contributed by atoms with Gasteiger partial charge in [-0.15, -0.1) is 5.10 Å². The number of pyridine rings is 1. The molecule has 0 fully saturated rings. The molecule has 7 heteroatoms. The van der Waals surface area contributed by atoms with Gasteiger partial charge in [-0.2, -0.15) is 4.98 Å². The first-order valence-corrected chi connectivity index (χ1v) is 8.17. The van der Waals surface area contributed by atoms with Crippen molar-refractivity contribution in [2.75, 3.05) is 0 Å². The summed E-state index contributed by atoms with van der Waals surface area (Å²) in [5, 5.41) is 7.24. The third-order valence-electron chi connectivity index (χ3n) is 4.02. The van der Waals surface area contributed by atoms with Crippen LogP contribution in [-0.2, 0) is 0 Å². The highest BCUT2D eigenvalue weighted by Crippen LogP contribution is 2.20. The van der Waals surface area contributed by atoms with Crippen LogP contribution in [0, 0.1) is 6.92 Å². The normalized spacial score (nSPS) is 12.0.